The van der Waals surface area contributed by atoms with Crippen molar-refractivity contribution in [1.29, 1.82) is 0 Å². The molecule has 1 aliphatic heterocycles. The molecule has 1 saturated heterocycles. The third kappa shape index (κ3) is 3.55. The Morgan fingerprint density at radius 3 is 3.17 bits per heavy atom. The number of carbonyl (C=O) groups excluding carboxylic acids is 1. The molecule has 0 aromatic carbocycles. The van der Waals surface area contributed by atoms with E-state index in [1.165, 1.54) is 12.8 Å². The summed E-state index contributed by atoms with van der Waals surface area (Å²) in [4.78, 5) is 14.3. The zero-order valence-electron chi connectivity index (χ0n) is 10.9. The summed E-state index contributed by atoms with van der Waals surface area (Å²) in [5, 5.41) is 0. The van der Waals surface area contributed by atoms with Crippen LogP contribution in [-0.4, -0.2) is 29.1 Å². The van der Waals surface area contributed by atoms with Gasteiger partial charge in [-0.2, -0.15) is 0 Å². The van der Waals surface area contributed by atoms with Gasteiger partial charge in [-0.25, -0.2) is 0 Å². The topological polar surface area (TPSA) is 33.5 Å². The molecule has 0 bridgehead atoms. The van der Waals surface area contributed by atoms with Gasteiger partial charge in [0.25, 0.3) is 0 Å². The summed E-state index contributed by atoms with van der Waals surface area (Å²) >= 11 is 1.64. The van der Waals surface area contributed by atoms with Gasteiger partial charge in [-0.05, 0) is 37.8 Å². The molecular weight excluding hydrogens is 246 g/mol. The Hall–Kier alpha value is -0.900. The standard InChI is InChI=1S/C14H21NO2S/c1-2-12-6-3-4-8-15(12)14(16)11-18-10-13-7-5-9-17-13/h5,7,9,12H,2-4,6,8,10-11H2,1H3. The van der Waals surface area contributed by atoms with Gasteiger partial charge in [0.05, 0.1) is 17.8 Å². The minimum atomic E-state index is 0.290. The zero-order valence-corrected chi connectivity index (χ0v) is 11.7. The minimum absolute atomic E-state index is 0.290. The molecule has 0 N–H and O–H groups in total. The number of carbonyl (C=O) groups is 1. The molecule has 3 nitrogen and oxygen atoms in total. The van der Waals surface area contributed by atoms with Gasteiger partial charge in [-0.1, -0.05) is 6.92 Å². The first kappa shape index (κ1) is 13.5. The van der Waals surface area contributed by atoms with Crippen LogP contribution in [-0.2, 0) is 10.5 Å². The summed E-state index contributed by atoms with van der Waals surface area (Å²) in [6.45, 7) is 3.12. The SMILES string of the molecule is CCC1CCCCN1C(=O)CSCc1ccco1. The fourth-order valence-electron chi connectivity index (χ4n) is 2.47. The molecule has 0 spiro atoms. The maximum absolute atomic E-state index is 12.2. The Labute approximate surface area is 113 Å². The fraction of sp³-hybridized carbons (Fsp3) is 0.643. The molecule has 1 aromatic heterocycles. The number of amides is 1. The summed E-state index contributed by atoms with van der Waals surface area (Å²) in [7, 11) is 0. The van der Waals surface area contributed by atoms with Crippen molar-refractivity contribution in [3.8, 4) is 0 Å². The van der Waals surface area contributed by atoms with E-state index < -0.39 is 0 Å². The van der Waals surface area contributed by atoms with Crippen molar-refractivity contribution < 1.29 is 9.21 Å². The Morgan fingerprint density at radius 1 is 1.56 bits per heavy atom. The van der Waals surface area contributed by atoms with E-state index >= 15 is 0 Å². The molecule has 0 saturated carbocycles. The minimum Gasteiger partial charge on any atom is -0.468 e. The Morgan fingerprint density at radius 2 is 2.44 bits per heavy atom. The van der Waals surface area contributed by atoms with E-state index in [1.807, 2.05) is 12.1 Å². The lowest BCUT2D eigenvalue weighted by molar-refractivity contribution is -0.132. The molecule has 1 aromatic rings. The van der Waals surface area contributed by atoms with Gasteiger partial charge in [0.2, 0.25) is 5.91 Å². The number of nitrogens with zero attached hydrogens (tertiary/aromatic N) is 1. The number of piperidine rings is 1. The molecule has 1 fully saturated rings. The number of thioether (sulfide) groups is 1. The van der Waals surface area contributed by atoms with Crippen LogP contribution in [0.2, 0.25) is 0 Å². The predicted octanol–water partition coefficient (Wildman–Crippen LogP) is 3.30. The highest BCUT2D eigenvalue weighted by Gasteiger charge is 2.24. The molecular formula is C14H21NO2S. The molecule has 1 amide bonds. The van der Waals surface area contributed by atoms with Gasteiger partial charge in [-0.3, -0.25) is 4.79 Å². The van der Waals surface area contributed by atoms with Gasteiger partial charge in [0.1, 0.15) is 5.76 Å². The van der Waals surface area contributed by atoms with Gasteiger partial charge >= 0.3 is 0 Å². The maximum Gasteiger partial charge on any atom is 0.232 e. The fourth-order valence-corrected chi connectivity index (χ4v) is 3.28. The molecule has 18 heavy (non-hydrogen) atoms. The molecule has 4 heteroatoms. The Kier molecular flexibility index (Phi) is 5.17. The molecule has 0 aliphatic carbocycles. The number of likely N-dealkylation sites (tertiary alicyclic amines) is 1. The van der Waals surface area contributed by atoms with Crippen LogP contribution in [0.3, 0.4) is 0 Å². The second kappa shape index (κ2) is 6.88. The Balaban J connectivity index is 1.76. The van der Waals surface area contributed by atoms with Crippen LogP contribution in [0.25, 0.3) is 0 Å². The third-order valence-electron chi connectivity index (χ3n) is 3.47. The van der Waals surface area contributed by atoms with E-state index in [1.54, 1.807) is 18.0 Å². The second-order valence-electron chi connectivity index (χ2n) is 4.72. The smallest absolute Gasteiger partial charge is 0.232 e. The van der Waals surface area contributed by atoms with Gasteiger partial charge in [0, 0.05) is 12.6 Å². The lowest BCUT2D eigenvalue weighted by atomic mass is 10.0. The van der Waals surface area contributed by atoms with Crippen LogP contribution in [0.4, 0.5) is 0 Å². The summed E-state index contributed by atoms with van der Waals surface area (Å²) in [5.74, 6) is 2.58. The highest BCUT2D eigenvalue weighted by molar-refractivity contribution is 7.99. The first-order chi connectivity index (χ1) is 8.81. The predicted molar refractivity (Wildman–Crippen MR) is 74.5 cm³/mol. The lowest BCUT2D eigenvalue weighted by Crippen LogP contribution is -2.44. The van der Waals surface area contributed by atoms with Gasteiger partial charge in [-0.15, -0.1) is 11.8 Å². The van der Waals surface area contributed by atoms with Crippen LogP contribution in [0, 0.1) is 0 Å². The summed E-state index contributed by atoms with van der Waals surface area (Å²) in [6.07, 6.45) is 6.35. The highest BCUT2D eigenvalue weighted by Crippen LogP contribution is 2.21. The van der Waals surface area contributed by atoms with Crippen molar-refractivity contribution in [2.45, 2.75) is 44.4 Å². The zero-order chi connectivity index (χ0) is 12.8. The average molecular weight is 267 g/mol. The van der Waals surface area contributed by atoms with Crippen molar-refractivity contribution in [3.63, 3.8) is 0 Å². The molecule has 1 atom stereocenters. The number of furan rings is 1. The number of hydrogen-bond donors (Lipinski definition) is 0. The van der Waals surface area contributed by atoms with E-state index in [-0.39, 0.29) is 5.91 Å². The van der Waals surface area contributed by atoms with Crippen molar-refractivity contribution in [2.24, 2.45) is 0 Å². The highest BCUT2D eigenvalue weighted by atomic mass is 32.2. The van der Waals surface area contributed by atoms with Gasteiger partial charge < -0.3 is 9.32 Å². The van der Waals surface area contributed by atoms with Crippen molar-refractivity contribution in [3.05, 3.63) is 24.2 Å². The first-order valence-corrected chi connectivity index (χ1v) is 7.86. The monoisotopic (exact) mass is 267 g/mol. The maximum atomic E-state index is 12.2. The van der Waals surface area contributed by atoms with E-state index in [9.17, 15) is 4.79 Å². The largest absolute Gasteiger partial charge is 0.468 e. The normalized spacial score (nSPS) is 20.1. The van der Waals surface area contributed by atoms with Crippen LogP contribution in [0.1, 0.15) is 38.4 Å². The van der Waals surface area contributed by atoms with Crippen LogP contribution >= 0.6 is 11.8 Å². The summed E-state index contributed by atoms with van der Waals surface area (Å²) in [6, 6.07) is 4.30. The number of hydrogen-bond acceptors (Lipinski definition) is 3. The quantitative estimate of drug-likeness (QED) is 0.820. The van der Waals surface area contributed by atoms with E-state index in [0.717, 1.165) is 30.9 Å². The van der Waals surface area contributed by atoms with Gasteiger partial charge in [0.15, 0.2) is 0 Å². The number of rotatable bonds is 5. The van der Waals surface area contributed by atoms with Crippen LogP contribution in [0.15, 0.2) is 22.8 Å². The molecule has 0 radical (unpaired) electrons. The molecule has 2 heterocycles. The first-order valence-electron chi connectivity index (χ1n) is 6.71. The third-order valence-corrected chi connectivity index (χ3v) is 4.41. The van der Waals surface area contributed by atoms with Crippen molar-refractivity contribution in [1.82, 2.24) is 4.90 Å². The van der Waals surface area contributed by atoms with E-state index in [0.29, 0.717) is 11.8 Å². The summed E-state index contributed by atoms with van der Waals surface area (Å²) in [5.41, 5.74) is 0. The van der Waals surface area contributed by atoms with E-state index in [4.69, 9.17) is 4.42 Å². The van der Waals surface area contributed by atoms with E-state index in [2.05, 4.69) is 11.8 Å². The lowest BCUT2D eigenvalue weighted by Gasteiger charge is -2.35. The van der Waals surface area contributed by atoms with Crippen molar-refractivity contribution >= 4 is 17.7 Å². The molecule has 100 valence electrons. The second-order valence-corrected chi connectivity index (χ2v) is 5.70. The van der Waals surface area contributed by atoms with Crippen LogP contribution in [0.5, 0.6) is 0 Å². The van der Waals surface area contributed by atoms with Crippen molar-refractivity contribution in [2.75, 3.05) is 12.3 Å². The molecule has 1 aliphatic rings. The molecule has 2 rings (SSSR count). The van der Waals surface area contributed by atoms with Crippen LogP contribution < -0.4 is 0 Å². The average Bonchev–Trinajstić information content (AvgIpc) is 2.91. The summed E-state index contributed by atoms with van der Waals surface area (Å²) < 4.78 is 5.26. The molecule has 1 unspecified atom stereocenters. The Bertz CT molecular complexity index is 364.